The molecule has 0 aromatic rings. The summed E-state index contributed by atoms with van der Waals surface area (Å²) in [5, 5.41) is 9.98. The second-order valence-electron chi connectivity index (χ2n) is 15.4. The average molecular weight is 733 g/mol. The predicted molar refractivity (Wildman–Crippen MR) is 192 cm³/mol. The van der Waals surface area contributed by atoms with Crippen LogP contribution in [0.2, 0.25) is 0 Å². The first-order valence-electron chi connectivity index (χ1n) is 18.1. The Morgan fingerprint density at radius 3 is 1.90 bits per heavy atom. The van der Waals surface area contributed by atoms with E-state index in [0.29, 0.717) is 6.42 Å². The van der Waals surface area contributed by atoms with E-state index in [4.69, 9.17) is 23.7 Å². The van der Waals surface area contributed by atoms with Crippen molar-refractivity contribution in [1.82, 2.24) is 0 Å². The minimum Gasteiger partial charge on any atom is -0.478 e. The highest BCUT2D eigenvalue weighted by molar-refractivity contribution is 5.85. The second-order valence-corrected chi connectivity index (χ2v) is 15.4. The van der Waals surface area contributed by atoms with Crippen LogP contribution < -0.4 is 0 Å². The van der Waals surface area contributed by atoms with Crippen molar-refractivity contribution in [2.45, 2.75) is 140 Å². The van der Waals surface area contributed by atoms with E-state index in [0.717, 1.165) is 11.1 Å². The molecule has 1 saturated carbocycles. The Bertz CT molecular complexity index is 1440. The first-order chi connectivity index (χ1) is 24.0. The fraction of sp³-hybridized carbons (Fsp3) is 0.700. The van der Waals surface area contributed by atoms with Crippen molar-refractivity contribution in [2.24, 2.45) is 40.9 Å². The van der Waals surface area contributed by atoms with Gasteiger partial charge in [0.25, 0.3) is 0 Å². The lowest BCUT2D eigenvalue weighted by Crippen LogP contribution is -2.59. The molecule has 0 amide bonds. The van der Waals surface area contributed by atoms with Gasteiger partial charge in [-0.25, -0.2) is 4.79 Å². The largest absolute Gasteiger partial charge is 0.478 e. The molecule has 52 heavy (non-hydrogen) atoms. The van der Waals surface area contributed by atoms with E-state index in [9.17, 15) is 33.9 Å². The van der Waals surface area contributed by atoms with Gasteiger partial charge in [0.2, 0.25) is 0 Å². The van der Waals surface area contributed by atoms with E-state index in [1.807, 2.05) is 54.5 Å². The van der Waals surface area contributed by atoms with Crippen molar-refractivity contribution in [1.29, 1.82) is 0 Å². The van der Waals surface area contributed by atoms with Gasteiger partial charge in [0.15, 0.2) is 0 Å². The molecular formula is C40H60O12. The number of hydrogen-bond donors (Lipinski definition) is 1. The van der Waals surface area contributed by atoms with E-state index in [-0.39, 0.29) is 48.0 Å². The van der Waals surface area contributed by atoms with Crippen LogP contribution in [0.3, 0.4) is 0 Å². The lowest BCUT2D eigenvalue weighted by Gasteiger charge is -2.57. The van der Waals surface area contributed by atoms with Gasteiger partial charge in [0.05, 0.1) is 0 Å². The molecule has 0 aromatic carbocycles. The molecule has 0 aliphatic heterocycles. The Hall–Kier alpha value is -3.96. The number of fused-ring (bicyclic) bond motifs is 1. The molecule has 2 aliphatic carbocycles. The van der Waals surface area contributed by atoms with E-state index < -0.39 is 77.7 Å². The topological polar surface area (TPSA) is 169 Å². The van der Waals surface area contributed by atoms with Crippen LogP contribution in [0.5, 0.6) is 0 Å². The number of carboxylic acid groups (broad SMARTS) is 1. The summed E-state index contributed by atoms with van der Waals surface area (Å²) < 4.78 is 28.7. The van der Waals surface area contributed by atoms with E-state index in [2.05, 4.69) is 6.08 Å². The maximum absolute atomic E-state index is 12.4. The highest BCUT2D eigenvalue weighted by atomic mass is 16.6. The molecule has 0 spiro atoms. The molecule has 1 N–H and O–H groups in total. The SMILES string of the molecule is CC(=O)O[C@@H](C/C=C(\C)[C@@H]1C(C)=C[C@@]2(C)[C@@H]([C@H]1/C=C(\C)C(=O)O)[C@@H](C)C[C@H](OC(C)=O)[C@H]2OC(C)=O)C[C@@H](OC(C)=O)[C@H](C)[C@@H](OC(C)=O)C(C)C. The summed E-state index contributed by atoms with van der Waals surface area (Å²) in [6.45, 7) is 21.7. The maximum atomic E-state index is 12.4. The zero-order valence-corrected chi connectivity index (χ0v) is 33.1. The van der Waals surface area contributed by atoms with Gasteiger partial charge < -0.3 is 28.8 Å². The lowest BCUT2D eigenvalue weighted by molar-refractivity contribution is -0.194. The Balaban J connectivity index is 2.66. The summed E-state index contributed by atoms with van der Waals surface area (Å²) in [5.41, 5.74) is 1.17. The first-order valence-corrected chi connectivity index (χ1v) is 18.1. The van der Waals surface area contributed by atoms with Crippen molar-refractivity contribution in [2.75, 3.05) is 0 Å². The lowest BCUT2D eigenvalue weighted by atomic mass is 9.50. The Labute approximate surface area is 308 Å². The van der Waals surface area contributed by atoms with E-state index in [1.54, 1.807) is 13.0 Å². The number of hydrogen-bond acceptors (Lipinski definition) is 11. The van der Waals surface area contributed by atoms with Gasteiger partial charge in [0, 0.05) is 70.3 Å². The molecule has 0 radical (unpaired) electrons. The standard InChI is InChI=1S/C40H60O12/c1-20(2)37(51-29(11)44)25(7)33(49-27(9)42)18-31(48-26(8)41)15-14-21(3)35-24(6)19-40(13)36(32(35)16-23(5)39(46)47)22(4)17-34(50-28(10)43)38(40)52-30(12)45/h14,16,19-20,22,25,31-38H,15,17-18H2,1-13H3,(H,46,47)/b21-14+,23-16+/t22-,25-,31-,32-,33+,34-,35+,36+,37-,38+,40-/m0/s1. The summed E-state index contributed by atoms with van der Waals surface area (Å²) in [5.74, 6) is -4.95. The van der Waals surface area contributed by atoms with Crippen LogP contribution in [-0.4, -0.2) is 71.4 Å². The summed E-state index contributed by atoms with van der Waals surface area (Å²) in [6.07, 6.45) is 3.15. The first kappa shape index (κ1) is 44.2. The number of aliphatic carboxylic acids is 1. The number of rotatable bonds is 15. The van der Waals surface area contributed by atoms with Crippen molar-refractivity contribution in [3.05, 3.63) is 34.9 Å². The molecule has 11 atom stereocenters. The quantitative estimate of drug-likeness (QED) is 0.0836. The van der Waals surface area contributed by atoms with Gasteiger partial charge in [-0.1, -0.05) is 64.0 Å². The number of ether oxygens (including phenoxy) is 5. The Morgan fingerprint density at radius 1 is 0.865 bits per heavy atom. The zero-order valence-electron chi connectivity index (χ0n) is 33.1. The maximum Gasteiger partial charge on any atom is 0.330 e. The number of esters is 5. The van der Waals surface area contributed by atoms with Crippen LogP contribution in [0.4, 0.5) is 0 Å². The highest BCUT2D eigenvalue weighted by Crippen LogP contribution is 2.58. The number of allylic oxidation sites excluding steroid dienone is 3. The normalized spacial score (nSPS) is 28.6. The predicted octanol–water partition coefficient (Wildman–Crippen LogP) is 6.55. The molecule has 1 fully saturated rings. The summed E-state index contributed by atoms with van der Waals surface area (Å²) in [7, 11) is 0. The molecule has 12 nitrogen and oxygen atoms in total. The van der Waals surface area contributed by atoms with Gasteiger partial charge in [-0.3, -0.25) is 24.0 Å². The van der Waals surface area contributed by atoms with Crippen molar-refractivity contribution in [3.63, 3.8) is 0 Å². The zero-order chi connectivity index (χ0) is 39.8. The fourth-order valence-electron chi connectivity index (χ4n) is 8.80. The molecule has 0 aromatic heterocycles. The number of carbonyl (C=O) groups excluding carboxylic acids is 5. The average Bonchev–Trinajstić information content (AvgIpc) is 2.98. The minimum absolute atomic E-state index is 0.0745. The molecule has 292 valence electrons. The Morgan fingerprint density at radius 2 is 1.42 bits per heavy atom. The third kappa shape index (κ3) is 11.5. The van der Waals surface area contributed by atoms with Crippen molar-refractivity contribution in [3.8, 4) is 0 Å². The van der Waals surface area contributed by atoms with Gasteiger partial charge in [0.1, 0.15) is 30.5 Å². The highest BCUT2D eigenvalue weighted by Gasteiger charge is 2.58. The van der Waals surface area contributed by atoms with Crippen LogP contribution >= 0.6 is 0 Å². The van der Waals surface area contributed by atoms with Gasteiger partial charge in [-0.15, -0.1) is 0 Å². The summed E-state index contributed by atoms with van der Waals surface area (Å²) in [6, 6.07) is 0. The van der Waals surface area contributed by atoms with Crippen LogP contribution in [-0.2, 0) is 52.5 Å². The van der Waals surface area contributed by atoms with Crippen LogP contribution in [0.1, 0.15) is 109 Å². The minimum atomic E-state index is -1.05. The van der Waals surface area contributed by atoms with Gasteiger partial charge >= 0.3 is 35.8 Å². The molecular weight excluding hydrogens is 672 g/mol. The van der Waals surface area contributed by atoms with Gasteiger partial charge in [-0.2, -0.15) is 0 Å². The summed E-state index contributed by atoms with van der Waals surface area (Å²) >= 11 is 0. The second kappa shape index (κ2) is 18.7. The molecule has 0 heterocycles. The van der Waals surface area contributed by atoms with E-state index in [1.165, 1.54) is 34.6 Å². The summed E-state index contributed by atoms with van der Waals surface area (Å²) in [4.78, 5) is 73.2. The molecule has 12 heteroatoms. The van der Waals surface area contributed by atoms with Crippen molar-refractivity contribution < 1.29 is 57.6 Å². The van der Waals surface area contributed by atoms with Gasteiger partial charge in [-0.05, 0) is 50.9 Å². The Kier molecular flexibility index (Phi) is 15.9. The third-order valence-corrected chi connectivity index (χ3v) is 10.5. The monoisotopic (exact) mass is 732 g/mol. The third-order valence-electron chi connectivity index (χ3n) is 10.5. The smallest absolute Gasteiger partial charge is 0.330 e. The van der Waals surface area contributed by atoms with Crippen LogP contribution in [0.25, 0.3) is 0 Å². The molecule has 2 rings (SSSR count). The van der Waals surface area contributed by atoms with Crippen molar-refractivity contribution >= 4 is 35.8 Å². The number of carboxylic acids is 1. The van der Waals surface area contributed by atoms with Crippen LogP contribution in [0, 0.1) is 40.9 Å². The fourth-order valence-corrected chi connectivity index (χ4v) is 8.80. The molecule has 0 bridgehead atoms. The molecule has 0 unspecified atom stereocenters. The van der Waals surface area contributed by atoms with E-state index >= 15 is 0 Å². The molecule has 0 saturated heterocycles. The molecule has 2 aliphatic rings. The number of carbonyl (C=O) groups is 6. The van der Waals surface area contributed by atoms with Crippen LogP contribution in [0.15, 0.2) is 34.9 Å².